The molecule has 0 radical (unpaired) electrons. The molecule has 0 saturated heterocycles. The molecule has 0 heterocycles. The van der Waals surface area contributed by atoms with Crippen molar-refractivity contribution in [1.29, 1.82) is 0 Å². The summed E-state index contributed by atoms with van der Waals surface area (Å²) in [5.41, 5.74) is 0. The SMILES string of the molecule is O=S(Cl)c1cccc(F)c1F. The van der Waals surface area contributed by atoms with Gasteiger partial charge in [0.25, 0.3) is 0 Å². The summed E-state index contributed by atoms with van der Waals surface area (Å²) in [5, 5.41) is 0. The summed E-state index contributed by atoms with van der Waals surface area (Å²) in [6.45, 7) is 0. The van der Waals surface area contributed by atoms with E-state index >= 15 is 0 Å². The number of hydrogen-bond donors (Lipinski definition) is 0. The van der Waals surface area contributed by atoms with Gasteiger partial charge in [0.15, 0.2) is 21.6 Å². The van der Waals surface area contributed by atoms with Gasteiger partial charge in [-0.3, -0.25) is 0 Å². The molecule has 0 aliphatic heterocycles. The molecule has 0 fully saturated rings. The normalized spacial score (nSPS) is 13.0. The van der Waals surface area contributed by atoms with Gasteiger partial charge in [-0.15, -0.1) is 0 Å². The summed E-state index contributed by atoms with van der Waals surface area (Å²) in [6.07, 6.45) is 0. The van der Waals surface area contributed by atoms with Crippen LogP contribution in [0.3, 0.4) is 0 Å². The molecule has 0 amide bonds. The molecule has 1 unspecified atom stereocenters. The molecular formula is C6H3ClF2OS. The first kappa shape index (κ1) is 8.62. The number of halogens is 3. The lowest BCUT2D eigenvalue weighted by Gasteiger charge is -1.96. The lowest BCUT2D eigenvalue weighted by molar-refractivity contribution is 0.490. The van der Waals surface area contributed by atoms with Gasteiger partial charge < -0.3 is 0 Å². The van der Waals surface area contributed by atoms with Gasteiger partial charge in [0.1, 0.15) is 0 Å². The van der Waals surface area contributed by atoms with Crippen LogP contribution in [0, 0.1) is 11.6 Å². The highest BCUT2D eigenvalue weighted by atomic mass is 35.7. The van der Waals surface area contributed by atoms with Crippen molar-refractivity contribution in [1.82, 2.24) is 0 Å². The van der Waals surface area contributed by atoms with E-state index in [9.17, 15) is 13.0 Å². The van der Waals surface area contributed by atoms with Crippen LogP contribution >= 0.6 is 10.7 Å². The molecule has 1 nitrogen and oxygen atoms in total. The Balaban J connectivity index is 3.27. The molecule has 0 aromatic heterocycles. The maximum atomic E-state index is 12.6. The lowest BCUT2D eigenvalue weighted by atomic mass is 10.3. The van der Waals surface area contributed by atoms with Gasteiger partial charge in [0, 0.05) is 0 Å². The van der Waals surface area contributed by atoms with Gasteiger partial charge in [0.05, 0.1) is 4.90 Å². The number of benzene rings is 1. The Bertz CT molecular complexity index is 303. The monoisotopic (exact) mass is 196 g/mol. The summed E-state index contributed by atoms with van der Waals surface area (Å²) >= 11 is 0. The van der Waals surface area contributed by atoms with Crippen molar-refractivity contribution >= 4 is 20.7 Å². The predicted molar refractivity (Wildman–Crippen MR) is 38.6 cm³/mol. The van der Waals surface area contributed by atoms with Crippen molar-refractivity contribution in [2.24, 2.45) is 0 Å². The number of rotatable bonds is 1. The van der Waals surface area contributed by atoms with Gasteiger partial charge in [-0.1, -0.05) is 6.07 Å². The van der Waals surface area contributed by atoms with E-state index in [0.29, 0.717) is 0 Å². The van der Waals surface area contributed by atoms with E-state index in [1.54, 1.807) is 0 Å². The van der Waals surface area contributed by atoms with Crippen LogP contribution in [0.25, 0.3) is 0 Å². The van der Waals surface area contributed by atoms with Crippen molar-refractivity contribution < 1.29 is 13.0 Å². The van der Waals surface area contributed by atoms with Crippen LogP contribution in [-0.2, 0) is 10.0 Å². The molecule has 1 aromatic carbocycles. The van der Waals surface area contributed by atoms with Crippen LogP contribution < -0.4 is 0 Å². The Morgan fingerprint density at radius 1 is 1.36 bits per heavy atom. The van der Waals surface area contributed by atoms with Crippen LogP contribution in [-0.4, -0.2) is 4.21 Å². The maximum Gasteiger partial charge on any atom is 0.176 e. The van der Waals surface area contributed by atoms with Crippen LogP contribution in [0.4, 0.5) is 8.78 Å². The average molecular weight is 197 g/mol. The average Bonchev–Trinajstić information content (AvgIpc) is 1.94. The molecule has 0 saturated carbocycles. The zero-order valence-electron chi connectivity index (χ0n) is 5.18. The van der Waals surface area contributed by atoms with E-state index in [4.69, 9.17) is 10.7 Å². The molecule has 0 N–H and O–H groups in total. The third-order valence-electron chi connectivity index (χ3n) is 1.09. The van der Waals surface area contributed by atoms with Crippen molar-refractivity contribution in [3.8, 4) is 0 Å². The molecule has 11 heavy (non-hydrogen) atoms. The second-order valence-electron chi connectivity index (χ2n) is 1.78. The van der Waals surface area contributed by atoms with Crippen molar-refractivity contribution in [2.45, 2.75) is 4.90 Å². The maximum absolute atomic E-state index is 12.6. The molecular weight excluding hydrogens is 194 g/mol. The lowest BCUT2D eigenvalue weighted by Crippen LogP contribution is -1.91. The molecule has 0 aliphatic carbocycles. The Labute approximate surface area is 68.9 Å². The fourth-order valence-corrected chi connectivity index (χ4v) is 1.39. The van der Waals surface area contributed by atoms with Gasteiger partial charge in [-0.2, -0.15) is 0 Å². The number of hydrogen-bond acceptors (Lipinski definition) is 1. The Morgan fingerprint density at radius 2 is 2.00 bits per heavy atom. The summed E-state index contributed by atoms with van der Waals surface area (Å²) < 4.78 is 35.5. The fourth-order valence-electron chi connectivity index (χ4n) is 0.608. The van der Waals surface area contributed by atoms with E-state index in [-0.39, 0.29) is 4.90 Å². The van der Waals surface area contributed by atoms with E-state index in [1.165, 1.54) is 12.1 Å². The van der Waals surface area contributed by atoms with Gasteiger partial charge in [-0.05, 0) is 22.8 Å². The van der Waals surface area contributed by atoms with Crippen molar-refractivity contribution in [3.05, 3.63) is 29.8 Å². The highest BCUT2D eigenvalue weighted by molar-refractivity contribution is 8.08. The standard InChI is InChI=1S/C6H3ClF2OS/c7-11(10)5-3-1-2-4(8)6(5)9/h1-3H. The first-order chi connectivity index (χ1) is 5.13. The summed E-state index contributed by atoms with van der Waals surface area (Å²) in [4.78, 5) is -0.327. The highest BCUT2D eigenvalue weighted by Crippen LogP contribution is 2.16. The summed E-state index contributed by atoms with van der Waals surface area (Å²) in [5.74, 6) is -2.20. The second kappa shape index (κ2) is 3.28. The van der Waals surface area contributed by atoms with E-state index in [1.807, 2.05) is 0 Å². The summed E-state index contributed by atoms with van der Waals surface area (Å²) in [6, 6.07) is 3.35. The van der Waals surface area contributed by atoms with Crippen molar-refractivity contribution in [2.75, 3.05) is 0 Å². The third-order valence-corrected chi connectivity index (χ3v) is 2.25. The first-order valence-corrected chi connectivity index (χ1v) is 4.62. The Kier molecular flexibility index (Phi) is 2.57. The van der Waals surface area contributed by atoms with Gasteiger partial charge in [0.2, 0.25) is 0 Å². The smallest absolute Gasteiger partial charge is 0.176 e. The Morgan fingerprint density at radius 3 is 2.45 bits per heavy atom. The topological polar surface area (TPSA) is 17.1 Å². The van der Waals surface area contributed by atoms with E-state index < -0.39 is 21.6 Å². The van der Waals surface area contributed by atoms with Crippen LogP contribution in [0.1, 0.15) is 0 Å². The molecule has 1 rings (SSSR count). The van der Waals surface area contributed by atoms with Gasteiger partial charge >= 0.3 is 0 Å². The molecule has 0 bridgehead atoms. The minimum absolute atomic E-state index is 0.327. The third kappa shape index (κ3) is 1.75. The second-order valence-corrected chi connectivity index (χ2v) is 3.50. The van der Waals surface area contributed by atoms with E-state index in [2.05, 4.69) is 0 Å². The Hall–Kier alpha value is -0.480. The predicted octanol–water partition coefficient (Wildman–Crippen LogP) is 2.23. The largest absolute Gasteiger partial charge is 0.237 e. The summed E-state index contributed by atoms with van der Waals surface area (Å²) in [7, 11) is 3.05. The molecule has 5 heteroatoms. The molecule has 0 aliphatic rings. The minimum atomic E-state index is -1.99. The van der Waals surface area contributed by atoms with Crippen LogP contribution in [0.5, 0.6) is 0 Å². The van der Waals surface area contributed by atoms with Crippen molar-refractivity contribution in [3.63, 3.8) is 0 Å². The first-order valence-electron chi connectivity index (χ1n) is 2.65. The molecule has 0 spiro atoms. The zero-order chi connectivity index (χ0) is 8.43. The quantitative estimate of drug-likeness (QED) is 0.630. The molecule has 1 atom stereocenters. The van der Waals surface area contributed by atoms with E-state index in [0.717, 1.165) is 6.07 Å². The highest BCUT2D eigenvalue weighted by Gasteiger charge is 2.10. The van der Waals surface area contributed by atoms with Crippen LogP contribution in [0.2, 0.25) is 0 Å². The van der Waals surface area contributed by atoms with Crippen LogP contribution in [0.15, 0.2) is 23.1 Å². The van der Waals surface area contributed by atoms with Gasteiger partial charge in [-0.25, -0.2) is 13.0 Å². The zero-order valence-corrected chi connectivity index (χ0v) is 6.75. The fraction of sp³-hybridized carbons (Fsp3) is 0. The molecule has 60 valence electrons. The molecule has 1 aromatic rings. The minimum Gasteiger partial charge on any atom is -0.237 e.